The normalized spacial score (nSPS) is 14.7. The Kier molecular flexibility index (Phi) is 4.14. The maximum Gasteiger partial charge on any atom is 0.224 e. The van der Waals surface area contributed by atoms with Gasteiger partial charge in [0, 0.05) is 32.4 Å². The summed E-state index contributed by atoms with van der Waals surface area (Å²) in [5.41, 5.74) is 0. The molecule has 0 bridgehead atoms. The monoisotopic (exact) mass is 236 g/mol. The summed E-state index contributed by atoms with van der Waals surface area (Å²) in [5.74, 6) is 1.70. The fourth-order valence-electron chi connectivity index (χ4n) is 1.81. The molecule has 1 fully saturated rings. The van der Waals surface area contributed by atoms with Gasteiger partial charge in [0.2, 0.25) is 5.95 Å². The molecule has 5 heteroatoms. The highest BCUT2D eigenvalue weighted by atomic mass is 16.5. The maximum absolute atomic E-state index is 5.15. The minimum atomic E-state index is 0.634. The minimum absolute atomic E-state index is 0.634. The lowest BCUT2D eigenvalue weighted by molar-refractivity contribution is 0.204. The lowest BCUT2D eigenvalue weighted by atomic mass is 10.4. The van der Waals surface area contributed by atoms with Crippen LogP contribution in [0.15, 0.2) is 12.3 Å². The summed E-state index contributed by atoms with van der Waals surface area (Å²) in [4.78, 5) is 11.0. The van der Waals surface area contributed by atoms with Crippen molar-refractivity contribution in [3.63, 3.8) is 0 Å². The van der Waals surface area contributed by atoms with Gasteiger partial charge in [-0.05, 0) is 25.8 Å². The number of rotatable bonds is 7. The fourth-order valence-corrected chi connectivity index (χ4v) is 1.81. The van der Waals surface area contributed by atoms with E-state index in [9.17, 15) is 0 Å². The van der Waals surface area contributed by atoms with Crippen LogP contribution in [0.5, 0.6) is 0 Å². The van der Waals surface area contributed by atoms with E-state index in [4.69, 9.17) is 4.74 Å². The first-order valence-corrected chi connectivity index (χ1v) is 6.17. The zero-order valence-electron chi connectivity index (χ0n) is 10.5. The molecule has 0 aliphatic heterocycles. The third-order valence-corrected chi connectivity index (χ3v) is 2.79. The van der Waals surface area contributed by atoms with E-state index in [1.165, 1.54) is 12.8 Å². The fraction of sp³-hybridized carbons (Fsp3) is 0.667. The van der Waals surface area contributed by atoms with Crippen LogP contribution in [0.1, 0.15) is 19.8 Å². The van der Waals surface area contributed by atoms with E-state index >= 15 is 0 Å². The predicted octanol–water partition coefficient (Wildman–Crippen LogP) is 1.52. The Labute approximate surface area is 102 Å². The van der Waals surface area contributed by atoms with E-state index in [2.05, 4.69) is 20.2 Å². The molecule has 1 saturated carbocycles. The van der Waals surface area contributed by atoms with Crippen LogP contribution in [-0.2, 0) is 4.74 Å². The maximum atomic E-state index is 5.15. The van der Waals surface area contributed by atoms with E-state index in [1.807, 2.05) is 19.2 Å². The van der Waals surface area contributed by atoms with Crippen LogP contribution in [0.4, 0.5) is 11.8 Å². The van der Waals surface area contributed by atoms with Crippen molar-refractivity contribution in [2.24, 2.45) is 0 Å². The highest BCUT2D eigenvalue weighted by Crippen LogP contribution is 2.30. The number of hydrogen-bond acceptors (Lipinski definition) is 5. The van der Waals surface area contributed by atoms with Crippen LogP contribution in [0.2, 0.25) is 0 Å². The number of aromatic nitrogens is 2. The molecule has 17 heavy (non-hydrogen) atoms. The van der Waals surface area contributed by atoms with Crippen molar-refractivity contribution in [3.8, 4) is 0 Å². The van der Waals surface area contributed by atoms with Crippen LogP contribution in [0.25, 0.3) is 0 Å². The van der Waals surface area contributed by atoms with Crippen molar-refractivity contribution in [1.82, 2.24) is 9.97 Å². The van der Waals surface area contributed by atoms with Crippen LogP contribution in [0, 0.1) is 0 Å². The third kappa shape index (κ3) is 3.30. The molecule has 0 amide bonds. The van der Waals surface area contributed by atoms with E-state index in [1.54, 1.807) is 7.11 Å². The molecule has 1 aromatic rings. The van der Waals surface area contributed by atoms with Gasteiger partial charge < -0.3 is 15.0 Å². The van der Waals surface area contributed by atoms with Crippen molar-refractivity contribution >= 4 is 11.8 Å². The molecule has 0 aromatic carbocycles. The van der Waals surface area contributed by atoms with Crippen molar-refractivity contribution in [1.29, 1.82) is 0 Å². The van der Waals surface area contributed by atoms with Gasteiger partial charge in [0.25, 0.3) is 0 Å². The molecule has 1 N–H and O–H groups in total. The zero-order chi connectivity index (χ0) is 12.1. The minimum Gasteiger partial charge on any atom is -0.383 e. The molecule has 0 radical (unpaired) electrons. The van der Waals surface area contributed by atoms with Gasteiger partial charge in [-0.25, -0.2) is 4.98 Å². The Hall–Kier alpha value is -1.36. The van der Waals surface area contributed by atoms with E-state index in [0.717, 1.165) is 25.5 Å². The van der Waals surface area contributed by atoms with Gasteiger partial charge in [0.1, 0.15) is 5.82 Å². The van der Waals surface area contributed by atoms with Gasteiger partial charge in [-0.15, -0.1) is 0 Å². The molecule has 94 valence electrons. The van der Waals surface area contributed by atoms with Gasteiger partial charge in [0.15, 0.2) is 0 Å². The van der Waals surface area contributed by atoms with Crippen LogP contribution in [-0.4, -0.2) is 42.8 Å². The van der Waals surface area contributed by atoms with E-state index in [0.29, 0.717) is 12.0 Å². The van der Waals surface area contributed by atoms with Crippen molar-refractivity contribution in [2.45, 2.75) is 25.8 Å². The van der Waals surface area contributed by atoms with Crippen LogP contribution >= 0.6 is 0 Å². The van der Waals surface area contributed by atoms with Crippen LogP contribution < -0.4 is 10.2 Å². The lowest BCUT2D eigenvalue weighted by Crippen LogP contribution is -2.30. The van der Waals surface area contributed by atoms with Crippen molar-refractivity contribution in [3.05, 3.63) is 12.3 Å². The zero-order valence-corrected chi connectivity index (χ0v) is 10.5. The highest BCUT2D eigenvalue weighted by molar-refractivity contribution is 5.44. The molecule has 0 saturated heterocycles. The smallest absolute Gasteiger partial charge is 0.224 e. The summed E-state index contributed by atoms with van der Waals surface area (Å²) in [6, 6.07) is 2.60. The third-order valence-electron chi connectivity index (χ3n) is 2.79. The first-order chi connectivity index (χ1) is 8.35. The van der Waals surface area contributed by atoms with Crippen LogP contribution in [0.3, 0.4) is 0 Å². The quantitative estimate of drug-likeness (QED) is 0.778. The molecule has 1 aromatic heterocycles. The number of nitrogens with zero attached hydrogens (tertiary/aromatic N) is 3. The Morgan fingerprint density at radius 2 is 2.35 bits per heavy atom. The second kappa shape index (κ2) is 5.82. The Morgan fingerprint density at radius 1 is 1.53 bits per heavy atom. The molecule has 0 unspecified atom stereocenters. The number of anilines is 2. The molecule has 0 spiro atoms. The standard InChI is InChI=1S/C12H20N4O/c1-3-13-12-14-7-6-11(15-12)16(8-9-17-2)10-4-5-10/h6-7,10H,3-5,8-9H2,1-2H3,(H,13,14,15). The second-order valence-corrected chi connectivity index (χ2v) is 4.19. The largest absolute Gasteiger partial charge is 0.383 e. The molecule has 1 aliphatic carbocycles. The molecule has 5 nitrogen and oxygen atoms in total. The van der Waals surface area contributed by atoms with E-state index < -0.39 is 0 Å². The molecule has 2 rings (SSSR count). The van der Waals surface area contributed by atoms with Gasteiger partial charge in [0.05, 0.1) is 6.61 Å². The Bertz CT molecular complexity index is 354. The Morgan fingerprint density at radius 3 is 3.00 bits per heavy atom. The number of ether oxygens (including phenoxy) is 1. The molecule has 1 aliphatic rings. The summed E-state index contributed by atoms with van der Waals surface area (Å²) >= 11 is 0. The summed E-state index contributed by atoms with van der Waals surface area (Å²) in [6.07, 6.45) is 4.32. The van der Waals surface area contributed by atoms with Gasteiger partial charge in [-0.1, -0.05) is 0 Å². The van der Waals surface area contributed by atoms with Crippen molar-refractivity contribution in [2.75, 3.05) is 37.0 Å². The number of methoxy groups -OCH3 is 1. The first-order valence-electron chi connectivity index (χ1n) is 6.17. The molecular weight excluding hydrogens is 216 g/mol. The van der Waals surface area contributed by atoms with Crippen molar-refractivity contribution < 1.29 is 4.74 Å². The average molecular weight is 236 g/mol. The van der Waals surface area contributed by atoms with Gasteiger partial charge >= 0.3 is 0 Å². The molecule has 1 heterocycles. The predicted molar refractivity (Wildman–Crippen MR) is 68.4 cm³/mol. The molecular formula is C12H20N4O. The summed E-state index contributed by atoms with van der Waals surface area (Å²) in [6.45, 7) is 4.51. The highest BCUT2D eigenvalue weighted by Gasteiger charge is 2.29. The first kappa shape index (κ1) is 12.1. The Balaban J connectivity index is 2.08. The van der Waals surface area contributed by atoms with Gasteiger partial charge in [-0.2, -0.15) is 4.98 Å². The number of hydrogen-bond donors (Lipinski definition) is 1. The summed E-state index contributed by atoms with van der Waals surface area (Å²) in [7, 11) is 1.73. The SMILES string of the molecule is CCNc1nccc(N(CCOC)C2CC2)n1. The average Bonchev–Trinajstić information content (AvgIpc) is 3.15. The second-order valence-electron chi connectivity index (χ2n) is 4.19. The van der Waals surface area contributed by atoms with E-state index in [-0.39, 0.29) is 0 Å². The van der Waals surface area contributed by atoms with Gasteiger partial charge in [-0.3, -0.25) is 0 Å². The number of nitrogens with one attached hydrogen (secondary N) is 1. The summed E-state index contributed by atoms with van der Waals surface area (Å²) < 4.78 is 5.15. The molecule has 0 atom stereocenters. The topological polar surface area (TPSA) is 50.3 Å². The summed E-state index contributed by atoms with van der Waals surface area (Å²) in [5, 5.41) is 3.14. The lowest BCUT2D eigenvalue weighted by Gasteiger charge is -2.23.